The average Bonchev–Trinajstić information content (AvgIpc) is 2.86. The predicted molar refractivity (Wildman–Crippen MR) is 74.3 cm³/mol. The highest BCUT2D eigenvalue weighted by Crippen LogP contribution is 2.08. The van der Waals surface area contributed by atoms with Crippen LogP contribution in [0.25, 0.3) is 0 Å². The zero-order valence-electron chi connectivity index (χ0n) is 11.0. The van der Waals surface area contributed by atoms with Crippen LogP contribution in [0.3, 0.4) is 0 Å². The van der Waals surface area contributed by atoms with Gasteiger partial charge in [-0.1, -0.05) is 31.2 Å². The number of benzene rings is 1. The van der Waals surface area contributed by atoms with Crippen LogP contribution < -0.4 is 5.43 Å². The molecule has 0 atom stereocenters. The SMILES string of the molecule is CCc1ccc(C=NNC(=O)c2ccoc2C)cc1. The molecule has 0 bridgehead atoms. The van der Waals surface area contributed by atoms with E-state index in [9.17, 15) is 4.79 Å². The first kappa shape index (κ1) is 13.1. The maximum atomic E-state index is 11.7. The van der Waals surface area contributed by atoms with Crippen LogP contribution in [-0.4, -0.2) is 12.1 Å². The topological polar surface area (TPSA) is 54.6 Å². The van der Waals surface area contributed by atoms with E-state index >= 15 is 0 Å². The number of hydrazone groups is 1. The molecular formula is C15H16N2O2. The molecule has 98 valence electrons. The van der Waals surface area contributed by atoms with Gasteiger partial charge in [-0.15, -0.1) is 0 Å². The van der Waals surface area contributed by atoms with Crippen molar-refractivity contribution in [3.05, 3.63) is 59.0 Å². The number of aryl methyl sites for hydroxylation is 2. The molecule has 0 fully saturated rings. The fourth-order valence-electron chi connectivity index (χ4n) is 1.69. The van der Waals surface area contributed by atoms with Gasteiger partial charge in [0.25, 0.3) is 5.91 Å². The molecule has 2 rings (SSSR count). The zero-order valence-corrected chi connectivity index (χ0v) is 11.0. The number of amides is 1. The van der Waals surface area contributed by atoms with Crippen molar-refractivity contribution in [3.8, 4) is 0 Å². The lowest BCUT2D eigenvalue weighted by atomic mass is 10.1. The quantitative estimate of drug-likeness (QED) is 0.675. The second-order valence-electron chi connectivity index (χ2n) is 4.18. The Kier molecular flexibility index (Phi) is 4.13. The summed E-state index contributed by atoms with van der Waals surface area (Å²) < 4.78 is 5.06. The van der Waals surface area contributed by atoms with Crippen molar-refractivity contribution in [3.63, 3.8) is 0 Å². The first-order valence-electron chi connectivity index (χ1n) is 6.17. The molecule has 0 radical (unpaired) electrons. The number of nitrogens with zero attached hydrogens (tertiary/aromatic N) is 1. The van der Waals surface area contributed by atoms with E-state index in [1.54, 1.807) is 19.2 Å². The molecule has 1 aromatic heterocycles. The Morgan fingerprint density at radius 3 is 2.63 bits per heavy atom. The van der Waals surface area contributed by atoms with Crippen LogP contribution >= 0.6 is 0 Å². The Balaban J connectivity index is 1.96. The van der Waals surface area contributed by atoms with Gasteiger partial charge in [-0.2, -0.15) is 5.10 Å². The van der Waals surface area contributed by atoms with Gasteiger partial charge in [0.2, 0.25) is 0 Å². The van der Waals surface area contributed by atoms with Crippen molar-refractivity contribution >= 4 is 12.1 Å². The minimum atomic E-state index is -0.271. The van der Waals surface area contributed by atoms with E-state index in [0.717, 1.165) is 12.0 Å². The Hall–Kier alpha value is -2.36. The Morgan fingerprint density at radius 2 is 2.05 bits per heavy atom. The van der Waals surface area contributed by atoms with Crippen molar-refractivity contribution in [1.82, 2.24) is 5.43 Å². The maximum Gasteiger partial charge on any atom is 0.274 e. The van der Waals surface area contributed by atoms with Crippen LogP contribution in [0.5, 0.6) is 0 Å². The predicted octanol–water partition coefficient (Wildman–Crippen LogP) is 2.91. The lowest BCUT2D eigenvalue weighted by Gasteiger charge is -1.98. The van der Waals surface area contributed by atoms with Crippen molar-refractivity contribution in [1.29, 1.82) is 0 Å². The highest BCUT2D eigenvalue weighted by molar-refractivity contribution is 5.95. The number of nitrogens with one attached hydrogen (secondary N) is 1. The van der Waals surface area contributed by atoms with Crippen molar-refractivity contribution in [2.75, 3.05) is 0 Å². The molecule has 0 aliphatic rings. The molecule has 19 heavy (non-hydrogen) atoms. The Morgan fingerprint density at radius 1 is 1.32 bits per heavy atom. The number of furan rings is 1. The summed E-state index contributed by atoms with van der Waals surface area (Å²) in [6, 6.07) is 9.65. The molecule has 0 aliphatic heterocycles. The van der Waals surface area contributed by atoms with Crippen molar-refractivity contribution < 1.29 is 9.21 Å². The van der Waals surface area contributed by atoms with Gasteiger partial charge in [-0.25, -0.2) is 5.43 Å². The van der Waals surface area contributed by atoms with Gasteiger partial charge in [0.15, 0.2) is 0 Å². The van der Waals surface area contributed by atoms with E-state index in [0.29, 0.717) is 11.3 Å². The molecule has 1 heterocycles. The van der Waals surface area contributed by atoms with Crippen LogP contribution in [0.4, 0.5) is 0 Å². The van der Waals surface area contributed by atoms with Gasteiger partial charge in [0, 0.05) is 0 Å². The lowest BCUT2D eigenvalue weighted by Crippen LogP contribution is -2.17. The first-order chi connectivity index (χ1) is 9.20. The summed E-state index contributed by atoms with van der Waals surface area (Å²) >= 11 is 0. The summed E-state index contributed by atoms with van der Waals surface area (Å²) in [5.41, 5.74) is 5.19. The zero-order chi connectivity index (χ0) is 13.7. The third-order valence-corrected chi connectivity index (χ3v) is 2.87. The van der Waals surface area contributed by atoms with Gasteiger partial charge in [-0.3, -0.25) is 4.79 Å². The molecule has 4 heteroatoms. The summed E-state index contributed by atoms with van der Waals surface area (Å²) in [5.74, 6) is 0.313. The number of rotatable bonds is 4. The number of hydrogen-bond donors (Lipinski definition) is 1. The third-order valence-electron chi connectivity index (χ3n) is 2.87. The molecule has 4 nitrogen and oxygen atoms in total. The van der Waals surface area contributed by atoms with Gasteiger partial charge < -0.3 is 4.42 Å². The van der Waals surface area contributed by atoms with Crippen LogP contribution in [0, 0.1) is 6.92 Å². The van der Waals surface area contributed by atoms with E-state index in [2.05, 4.69) is 17.5 Å². The molecule has 1 aromatic carbocycles. The molecule has 0 aliphatic carbocycles. The van der Waals surface area contributed by atoms with Gasteiger partial charge in [-0.05, 0) is 30.5 Å². The lowest BCUT2D eigenvalue weighted by molar-refractivity contribution is 0.0953. The Labute approximate surface area is 112 Å². The minimum absolute atomic E-state index is 0.271. The number of hydrogen-bond acceptors (Lipinski definition) is 3. The highest BCUT2D eigenvalue weighted by Gasteiger charge is 2.09. The summed E-state index contributed by atoms with van der Waals surface area (Å²) in [6.07, 6.45) is 4.11. The van der Waals surface area contributed by atoms with Gasteiger partial charge >= 0.3 is 0 Å². The fraction of sp³-hybridized carbons (Fsp3) is 0.200. The third kappa shape index (κ3) is 3.31. The van der Waals surface area contributed by atoms with Crippen LogP contribution in [-0.2, 0) is 6.42 Å². The summed E-state index contributed by atoms with van der Waals surface area (Å²) in [7, 11) is 0. The van der Waals surface area contributed by atoms with E-state index < -0.39 is 0 Å². The smallest absolute Gasteiger partial charge is 0.274 e. The number of carbonyl (C=O) groups is 1. The Bertz CT molecular complexity index is 582. The second kappa shape index (κ2) is 6.00. The molecule has 0 saturated carbocycles. The molecule has 1 N–H and O–H groups in total. The van der Waals surface area contributed by atoms with Gasteiger partial charge in [0.1, 0.15) is 5.76 Å². The van der Waals surface area contributed by atoms with Gasteiger partial charge in [0.05, 0.1) is 18.0 Å². The molecular weight excluding hydrogens is 240 g/mol. The largest absolute Gasteiger partial charge is 0.469 e. The summed E-state index contributed by atoms with van der Waals surface area (Å²) in [5, 5.41) is 3.93. The van der Waals surface area contributed by atoms with E-state index in [4.69, 9.17) is 4.42 Å². The molecule has 1 amide bonds. The monoisotopic (exact) mass is 256 g/mol. The van der Waals surface area contributed by atoms with E-state index in [1.807, 2.05) is 24.3 Å². The summed E-state index contributed by atoms with van der Waals surface area (Å²) in [4.78, 5) is 11.7. The van der Waals surface area contributed by atoms with E-state index in [-0.39, 0.29) is 5.91 Å². The van der Waals surface area contributed by atoms with Crippen LogP contribution in [0.2, 0.25) is 0 Å². The summed E-state index contributed by atoms with van der Waals surface area (Å²) in [6.45, 7) is 3.85. The number of carbonyl (C=O) groups excluding carboxylic acids is 1. The highest BCUT2D eigenvalue weighted by atomic mass is 16.3. The minimum Gasteiger partial charge on any atom is -0.469 e. The van der Waals surface area contributed by atoms with Crippen molar-refractivity contribution in [2.24, 2.45) is 5.10 Å². The molecule has 0 saturated heterocycles. The standard InChI is InChI=1S/C15H16N2O2/c1-3-12-4-6-13(7-5-12)10-16-17-15(18)14-8-9-19-11(14)2/h4-10H,3H2,1-2H3,(H,17,18). The first-order valence-corrected chi connectivity index (χ1v) is 6.17. The second-order valence-corrected chi connectivity index (χ2v) is 4.18. The maximum absolute atomic E-state index is 11.7. The normalized spacial score (nSPS) is 10.8. The van der Waals surface area contributed by atoms with Crippen LogP contribution in [0.15, 0.2) is 46.1 Å². The molecule has 0 spiro atoms. The average molecular weight is 256 g/mol. The van der Waals surface area contributed by atoms with Crippen LogP contribution in [0.1, 0.15) is 34.2 Å². The molecule has 2 aromatic rings. The van der Waals surface area contributed by atoms with Crippen molar-refractivity contribution in [2.45, 2.75) is 20.3 Å². The molecule has 0 unspecified atom stereocenters. The fourth-order valence-corrected chi connectivity index (χ4v) is 1.69. The van der Waals surface area contributed by atoms with E-state index in [1.165, 1.54) is 11.8 Å².